The number of aliphatic carboxylic acids is 1. The van der Waals surface area contributed by atoms with Crippen LogP contribution in [0.4, 0.5) is 0 Å². The number of rotatable bonds is 4. The first-order chi connectivity index (χ1) is 7.74. The fourth-order valence-electron chi connectivity index (χ4n) is 1.81. The van der Waals surface area contributed by atoms with Crippen molar-refractivity contribution in [3.63, 3.8) is 0 Å². The minimum absolute atomic E-state index is 0.0557. The molecule has 16 heavy (non-hydrogen) atoms. The van der Waals surface area contributed by atoms with E-state index < -0.39 is 5.97 Å². The summed E-state index contributed by atoms with van der Waals surface area (Å²) in [7, 11) is 0. The summed E-state index contributed by atoms with van der Waals surface area (Å²) in [5.74, 6) is -0.822. The summed E-state index contributed by atoms with van der Waals surface area (Å²) >= 11 is 0. The quantitative estimate of drug-likeness (QED) is 0.798. The maximum absolute atomic E-state index is 10.6. The number of carbonyl (C=O) groups is 1. The highest BCUT2D eigenvalue weighted by molar-refractivity contribution is 5.67. The largest absolute Gasteiger partial charge is 0.481 e. The van der Waals surface area contributed by atoms with Crippen LogP contribution in [-0.4, -0.2) is 46.9 Å². The van der Waals surface area contributed by atoms with Gasteiger partial charge in [0.05, 0.1) is 25.3 Å². The van der Waals surface area contributed by atoms with Crippen molar-refractivity contribution in [2.75, 3.05) is 19.7 Å². The minimum Gasteiger partial charge on any atom is -0.481 e. The van der Waals surface area contributed by atoms with Crippen LogP contribution in [0.3, 0.4) is 0 Å². The van der Waals surface area contributed by atoms with Crippen molar-refractivity contribution < 1.29 is 19.2 Å². The number of ether oxygens (including phenoxy) is 1. The van der Waals surface area contributed by atoms with E-state index in [0.717, 1.165) is 18.7 Å². The number of carboxylic acids is 1. The first-order valence-corrected chi connectivity index (χ1v) is 5.18. The van der Waals surface area contributed by atoms with Gasteiger partial charge < -0.3 is 14.4 Å². The summed E-state index contributed by atoms with van der Waals surface area (Å²) in [6, 6.07) is 0. The zero-order valence-corrected chi connectivity index (χ0v) is 8.83. The SMILES string of the molecule is O=C(O)CC1CN(Cc2cnoc2)CCO1. The normalized spacial score (nSPS) is 22.1. The van der Waals surface area contributed by atoms with Crippen molar-refractivity contribution in [3.05, 3.63) is 18.0 Å². The van der Waals surface area contributed by atoms with Crippen molar-refractivity contribution >= 4 is 5.97 Å². The lowest BCUT2D eigenvalue weighted by molar-refractivity contribution is -0.142. The van der Waals surface area contributed by atoms with E-state index in [2.05, 4.69) is 10.1 Å². The van der Waals surface area contributed by atoms with Crippen LogP contribution < -0.4 is 0 Å². The first-order valence-electron chi connectivity index (χ1n) is 5.18. The molecule has 0 aromatic carbocycles. The van der Waals surface area contributed by atoms with Crippen molar-refractivity contribution in [3.8, 4) is 0 Å². The van der Waals surface area contributed by atoms with Crippen LogP contribution >= 0.6 is 0 Å². The molecule has 0 radical (unpaired) electrons. The average molecular weight is 226 g/mol. The number of carboxylic acid groups (broad SMARTS) is 1. The van der Waals surface area contributed by atoms with Gasteiger partial charge >= 0.3 is 5.97 Å². The summed E-state index contributed by atoms with van der Waals surface area (Å²) in [5.41, 5.74) is 0.996. The third kappa shape index (κ3) is 3.04. The smallest absolute Gasteiger partial charge is 0.306 e. The fourth-order valence-corrected chi connectivity index (χ4v) is 1.81. The zero-order chi connectivity index (χ0) is 11.4. The second-order valence-corrected chi connectivity index (χ2v) is 3.86. The van der Waals surface area contributed by atoms with Gasteiger partial charge in [-0.2, -0.15) is 0 Å². The molecule has 2 heterocycles. The van der Waals surface area contributed by atoms with Crippen LogP contribution in [0.25, 0.3) is 0 Å². The van der Waals surface area contributed by atoms with Gasteiger partial charge in [-0.25, -0.2) is 0 Å². The monoisotopic (exact) mass is 226 g/mol. The Bertz CT molecular complexity index is 339. The molecule has 1 aliphatic rings. The molecule has 1 unspecified atom stereocenters. The van der Waals surface area contributed by atoms with Crippen molar-refractivity contribution in [1.29, 1.82) is 0 Å². The van der Waals surface area contributed by atoms with Gasteiger partial charge in [0, 0.05) is 25.2 Å². The van der Waals surface area contributed by atoms with Crippen LogP contribution in [-0.2, 0) is 16.1 Å². The third-order valence-electron chi connectivity index (χ3n) is 2.51. The molecule has 6 heteroatoms. The number of aromatic nitrogens is 1. The van der Waals surface area contributed by atoms with Crippen molar-refractivity contribution in [2.45, 2.75) is 19.1 Å². The molecule has 0 aliphatic carbocycles. The van der Waals surface area contributed by atoms with Crippen LogP contribution in [0, 0.1) is 0 Å². The van der Waals surface area contributed by atoms with Gasteiger partial charge in [-0.3, -0.25) is 9.69 Å². The Morgan fingerprint density at radius 1 is 1.69 bits per heavy atom. The zero-order valence-electron chi connectivity index (χ0n) is 8.83. The topological polar surface area (TPSA) is 75.8 Å². The summed E-state index contributed by atoms with van der Waals surface area (Å²) in [6.45, 7) is 2.74. The molecule has 1 aromatic heterocycles. The predicted octanol–water partition coefficient (Wildman–Crippen LogP) is 0.350. The Morgan fingerprint density at radius 3 is 3.25 bits per heavy atom. The average Bonchev–Trinajstić information content (AvgIpc) is 2.70. The third-order valence-corrected chi connectivity index (χ3v) is 2.51. The summed E-state index contributed by atoms with van der Waals surface area (Å²) in [6.07, 6.45) is 3.11. The van der Waals surface area contributed by atoms with E-state index in [-0.39, 0.29) is 12.5 Å². The van der Waals surface area contributed by atoms with Gasteiger partial charge in [0.15, 0.2) is 0 Å². The highest BCUT2D eigenvalue weighted by atomic mass is 16.5. The van der Waals surface area contributed by atoms with Crippen LogP contribution in [0.5, 0.6) is 0 Å². The Morgan fingerprint density at radius 2 is 2.56 bits per heavy atom. The molecule has 1 aliphatic heterocycles. The molecule has 1 atom stereocenters. The van der Waals surface area contributed by atoms with Crippen molar-refractivity contribution in [2.24, 2.45) is 0 Å². The second kappa shape index (κ2) is 5.09. The summed E-state index contributed by atoms with van der Waals surface area (Å²) in [4.78, 5) is 12.7. The highest BCUT2D eigenvalue weighted by Gasteiger charge is 2.22. The maximum atomic E-state index is 10.6. The van der Waals surface area contributed by atoms with Gasteiger partial charge in [-0.1, -0.05) is 5.16 Å². The molecule has 0 amide bonds. The molecule has 2 rings (SSSR count). The first kappa shape index (κ1) is 11.1. The Balaban J connectivity index is 1.84. The van der Waals surface area contributed by atoms with Gasteiger partial charge in [-0.15, -0.1) is 0 Å². The van der Waals surface area contributed by atoms with Gasteiger partial charge in [0.25, 0.3) is 0 Å². The number of hydrogen-bond acceptors (Lipinski definition) is 5. The van der Waals surface area contributed by atoms with E-state index in [1.807, 2.05) is 0 Å². The van der Waals surface area contributed by atoms with E-state index in [1.54, 1.807) is 12.5 Å². The number of nitrogens with zero attached hydrogens (tertiary/aromatic N) is 2. The van der Waals surface area contributed by atoms with Crippen LogP contribution in [0.2, 0.25) is 0 Å². The summed E-state index contributed by atoms with van der Waals surface area (Å²) in [5, 5.41) is 12.3. The van der Waals surface area contributed by atoms with E-state index in [1.165, 1.54) is 0 Å². The lowest BCUT2D eigenvalue weighted by Crippen LogP contribution is -2.42. The molecule has 0 spiro atoms. The molecule has 1 fully saturated rings. The molecular weight excluding hydrogens is 212 g/mol. The Hall–Kier alpha value is -1.40. The molecule has 0 saturated carbocycles. The number of morpholine rings is 1. The lowest BCUT2D eigenvalue weighted by atomic mass is 10.2. The molecule has 1 aromatic rings. The number of hydrogen-bond donors (Lipinski definition) is 1. The van der Waals surface area contributed by atoms with Gasteiger partial charge in [-0.05, 0) is 0 Å². The maximum Gasteiger partial charge on any atom is 0.306 e. The van der Waals surface area contributed by atoms with E-state index in [0.29, 0.717) is 13.2 Å². The molecule has 1 saturated heterocycles. The minimum atomic E-state index is -0.822. The van der Waals surface area contributed by atoms with Gasteiger partial charge in [0.1, 0.15) is 6.26 Å². The molecular formula is C10H14N2O4. The Labute approximate surface area is 92.8 Å². The van der Waals surface area contributed by atoms with E-state index >= 15 is 0 Å². The standard InChI is InChI=1S/C10H14N2O4/c13-10(14)3-9-6-12(1-2-15-9)5-8-4-11-16-7-8/h4,7,9H,1-3,5-6H2,(H,13,14). The fraction of sp³-hybridized carbons (Fsp3) is 0.600. The molecule has 6 nitrogen and oxygen atoms in total. The lowest BCUT2D eigenvalue weighted by Gasteiger charge is -2.31. The van der Waals surface area contributed by atoms with Crippen molar-refractivity contribution in [1.82, 2.24) is 10.1 Å². The Kier molecular flexibility index (Phi) is 3.53. The summed E-state index contributed by atoms with van der Waals surface area (Å²) < 4.78 is 10.1. The predicted molar refractivity (Wildman–Crippen MR) is 53.8 cm³/mol. The highest BCUT2D eigenvalue weighted by Crippen LogP contribution is 2.12. The van der Waals surface area contributed by atoms with E-state index in [9.17, 15) is 4.79 Å². The van der Waals surface area contributed by atoms with Gasteiger partial charge in [0.2, 0.25) is 0 Å². The molecule has 88 valence electrons. The second-order valence-electron chi connectivity index (χ2n) is 3.86. The molecule has 1 N–H and O–H groups in total. The van der Waals surface area contributed by atoms with E-state index in [4.69, 9.17) is 14.4 Å². The van der Waals surface area contributed by atoms with Crippen LogP contribution in [0.1, 0.15) is 12.0 Å². The molecule has 0 bridgehead atoms. The van der Waals surface area contributed by atoms with Crippen LogP contribution in [0.15, 0.2) is 17.0 Å².